The SMILES string of the molecule is [2H]c1c([2H])c([2H])c(-c2cccc(-c3cc(C([2H])([2H])[2H])cc(C([2H])([2H])[2H])c3)c2N2CN(c3cccc(Oc4ccc5c6c([2H])c([2H])c([2H])c([2H])c6n(-c6cc(C(C)(C)C)ccn6)c5c4)c3)c3ccccc32)c([2H])c1[2H]. The number of rotatable bonds is 7. The van der Waals surface area contributed by atoms with Crippen molar-refractivity contribution in [2.24, 2.45) is 0 Å². The Labute approximate surface area is 367 Å². The van der Waals surface area contributed by atoms with Crippen LogP contribution >= 0.6 is 0 Å². The third-order valence-corrected chi connectivity index (χ3v) is 10.6. The first-order valence-electron chi connectivity index (χ1n) is 26.6. The second kappa shape index (κ2) is 14.4. The molecule has 59 heavy (non-hydrogen) atoms. The van der Waals surface area contributed by atoms with E-state index in [0.717, 1.165) is 11.6 Å². The summed E-state index contributed by atoms with van der Waals surface area (Å²) in [6.07, 6.45) is 1.69. The molecule has 0 amide bonds. The molecule has 0 unspecified atom stereocenters. The van der Waals surface area contributed by atoms with E-state index < -0.39 is 43.9 Å². The first-order chi connectivity index (χ1) is 34.8. The van der Waals surface area contributed by atoms with Crippen LogP contribution in [0.2, 0.25) is 0 Å². The van der Waals surface area contributed by atoms with E-state index in [9.17, 15) is 0 Å². The summed E-state index contributed by atoms with van der Waals surface area (Å²) in [4.78, 5) is 8.59. The van der Waals surface area contributed by atoms with Crippen molar-refractivity contribution in [2.45, 2.75) is 39.9 Å². The van der Waals surface area contributed by atoms with Crippen molar-refractivity contribution in [1.82, 2.24) is 9.55 Å². The minimum atomic E-state index is -2.69. The van der Waals surface area contributed by atoms with Crippen molar-refractivity contribution in [3.63, 3.8) is 0 Å². The maximum atomic E-state index is 9.08. The van der Waals surface area contributed by atoms with Crippen LogP contribution in [0.4, 0.5) is 22.7 Å². The van der Waals surface area contributed by atoms with Crippen LogP contribution in [0.25, 0.3) is 49.9 Å². The Morgan fingerprint density at radius 1 is 0.610 bits per heavy atom. The van der Waals surface area contributed by atoms with Crippen LogP contribution in [0.15, 0.2) is 176 Å². The molecule has 1 aliphatic heterocycles. The second-order valence-electron chi connectivity index (χ2n) is 15.5. The normalized spacial score (nSPS) is 16.8. The number of pyridine rings is 1. The maximum Gasteiger partial charge on any atom is 0.137 e. The molecule has 3 heterocycles. The van der Waals surface area contributed by atoms with Crippen LogP contribution in [0.3, 0.4) is 0 Å². The average molecular weight is 782 g/mol. The number of hydrogen-bond donors (Lipinski definition) is 0. The summed E-state index contributed by atoms with van der Waals surface area (Å²) < 4.78 is 137. The number of ether oxygens (including phenoxy) is 1. The highest BCUT2D eigenvalue weighted by atomic mass is 16.5. The molecule has 5 heteroatoms. The van der Waals surface area contributed by atoms with Gasteiger partial charge in [0.05, 0.1) is 40.4 Å². The Hall–Kier alpha value is -7.11. The monoisotopic (exact) mass is 781 g/mol. The molecule has 288 valence electrons. The quantitative estimate of drug-likeness (QED) is 0.161. The van der Waals surface area contributed by atoms with E-state index in [1.165, 1.54) is 12.1 Å². The number of aryl methyl sites for hydroxylation is 2. The highest BCUT2D eigenvalue weighted by molar-refractivity contribution is 6.09. The van der Waals surface area contributed by atoms with Crippen molar-refractivity contribution in [3.05, 3.63) is 193 Å². The lowest BCUT2D eigenvalue weighted by atomic mass is 9.88. The molecule has 2 aromatic heterocycles. The van der Waals surface area contributed by atoms with Gasteiger partial charge < -0.3 is 14.5 Å². The van der Waals surface area contributed by atoms with Crippen molar-refractivity contribution < 1.29 is 25.3 Å². The largest absolute Gasteiger partial charge is 0.457 e. The highest BCUT2D eigenvalue weighted by Gasteiger charge is 2.31. The van der Waals surface area contributed by atoms with Gasteiger partial charge in [-0.1, -0.05) is 135 Å². The number of anilines is 4. The molecule has 9 aromatic rings. The van der Waals surface area contributed by atoms with E-state index in [2.05, 4.69) is 20.8 Å². The molecule has 0 spiro atoms. The zero-order valence-corrected chi connectivity index (χ0v) is 32.5. The molecule has 0 aliphatic carbocycles. The number of nitrogens with zero attached hydrogens (tertiary/aromatic N) is 4. The minimum Gasteiger partial charge on any atom is -0.457 e. The number of fused-ring (bicyclic) bond motifs is 4. The van der Waals surface area contributed by atoms with Gasteiger partial charge in [-0.2, -0.15) is 0 Å². The second-order valence-corrected chi connectivity index (χ2v) is 15.5. The standard InChI is InChI=1S/C54H46N4O/c1-36-29-37(2)31-39(30-36)45-21-14-20-44(38-15-7-6-8-16-38)53(45)57-35-56(49-23-11-12-24-50(49)57)41-17-13-18-42(33-41)59-43-25-26-47-46-19-9-10-22-48(46)58(51(47)34-43)52-32-40(27-28-55-52)54(3,4)5/h6-34H,35H2,1-5H3/i1D3,2D3,6D,7D,8D,9D,10D,15D,16D,19D,22D. The fourth-order valence-electron chi connectivity index (χ4n) is 7.92. The Morgan fingerprint density at radius 3 is 2.10 bits per heavy atom. The van der Waals surface area contributed by atoms with Crippen molar-refractivity contribution in [2.75, 3.05) is 16.5 Å². The van der Waals surface area contributed by atoms with Crippen molar-refractivity contribution >= 4 is 44.6 Å². The van der Waals surface area contributed by atoms with E-state index in [4.69, 9.17) is 30.3 Å². The average Bonchev–Trinajstić information content (AvgIpc) is 3.94. The summed E-state index contributed by atoms with van der Waals surface area (Å²) in [5.41, 5.74) is 4.17. The van der Waals surface area contributed by atoms with Crippen LogP contribution in [0.5, 0.6) is 11.5 Å². The van der Waals surface area contributed by atoms with E-state index in [1.807, 2.05) is 64.4 Å². The molecule has 0 bridgehead atoms. The van der Waals surface area contributed by atoms with Gasteiger partial charge in [0.1, 0.15) is 24.0 Å². The molecular formula is C54H46N4O. The van der Waals surface area contributed by atoms with Gasteiger partial charge in [-0.15, -0.1) is 0 Å². The number of aromatic nitrogens is 2. The number of para-hydroxylation sites is 4. The molecule has 0 fully saturated rings. The molecule has 0 atom stereocenters. The topological polar surface area (TPSA) is 33.5 Å². The van der Waals surface area contributed by atoms with Crippen molar-refractivity contribution in [1.29, 1.82) is 0 Å². The zero-order valence-electron chi connectivity index (χ0n) is 47.5. The molecule has 7 aromatic carbocycles. The molecule has 5 nitrogen and oxygen atoms in total. The highest BCUT2D eigenvalue weighted by Crippen LogP contribution is 2.50. The van der Waals surface area contributed by atoms with Gasteiger partial charge in [-0.05, 0) is 90.4 Å². The first-order valence-corrected chi connectivity index (χ1v) is 19.1. The van der Waals surface area contributed by atoms with Gasteiger partial charge in [0.15, 0.2) is 0 Å². The van der Waals surface area contributed by atoms with Gasteiger partial charge in [0, 0.05) is 54.1 Å². The molecule has 0 radical (unpaired) electrons. The fourth-order valence-corrected chi connectivity index (χ4v) is 7.92. The lowest BCUT2D eigenvalue weighted by molar-refractivity contribution is 0.483. The molecular weight excluding hydrogens is 721 g/mol. The van der Waals surface area contributed by atoms with Crippen LogP contribution in [-0.4, -0.2) is 16.2 Å². The van der Waals surface area contributed by atoms with E-state index in [1.54, 1.807) is 53.2 Å². The number of hydrogen-bond acceptors (Lipinski definition) is 4. The first kappa shape index (κ1) is 23.3. The van der Waals surface area contributed by atoms with Gasteiger partial charge in [-0.25, -0.2) is 4.98 Å². The lowest BCUT2D eigenvalue weighted by Gasteiger charge is -2.27. The Kier molecular flexibility index (Phi) is 5.68. The molecule has 10 rings (SSSR count). The Bertz CT molecular complexity index is 3720. The minimum absolute atomic E-state index is 0.0736. The summed E-state index contributed by atoms with van der Waals surface area (Å²) >= 11 is 0. The summed E-state index contributed by atoms with van der Waals surface area (Å²) in [6.45, 7) is 0.911. The molecule has 1 aliphatic rings. The predicted octanol–water partition coefficient (Wildman–Crippen LogP) is 14.5. The molecule has 0 saturated heterocycles. The summed E-state index contributed by atoms with van der Waals surface area (Å²) in [5.74, 6) is 1.30. The van der Waals surface area contributed by atoms with Crippen LogP contribution < -0.4 is 14.5 Å². The van der Waals surface area contributed by atoms with Crippen LogP contribution in [0.1, 0.15) is 58.0 Å². The summed E-state index contributed by atoms with van der Waals surface area (Å²) in [7, 11) is 0. The van der Waals surface area contributed by atoms with Gasteiger partial charge >= 0.3 is 0 Å². The van der Waals surface area contributed by atoms with E-state index in [-0.39, 0.29) is 69.6 Å². The smallest absolute Gasteiger partial charge is 0.137 e. The summed E-state index contributed by atoms with van der Waals surface area (Å²) in [6, 6.07) is 29.1. The van der Waals surface area contributed by atoms with Gasteiger partial charge in [-0.3, -0.25) is 4.57 Å². The third kappa shape index (κ3) is 6.59. The van der Waals surface area contributed by atoms with Crippen molar-refractivity contribution in [3.8, 4) is 39.6 Å². The molecule has 0 saturated carbocycles. The van der Waals surface area contributed by atoms with Crippen LogP contribution in [0, 0.1) is 13.7 Å². The third-order valence-electron chi connectivity index (χ3n) is 10.6. The van der Waals surface area contributed by atoms with Crippen LogP contribution in [-0.2, 0) is 5.41 Å². The maximum absolute atomic E-state index is 9.08. The Morgan fingerprint density at radius 2 is 1.32 bits per heavy atom. The van der Waals surface area contributed by atoms with Gasteiger partial charge in [0.25, 0.3) is 0 Å². The zero-order chi connectivity index (χ0) is 53.1. The molecule has 0 N–H and O–H groups in total. The predicted molar refractivity (Wildman–Crippen MR) is 246 cm³/mol. The Balaban J connectivity index is 1.11. The number of benzene rings is 7. The fraction of sp³-hybridized carbons (Fsp3) is 0.130. The van der Waals surface area contributed by atoms with E-state index >= 15 is 0 Å². The lowest BCUT2D eigenvalue weighted by Crippen LogP contribution is -2.25. The summed E-state index contributed by atoms with van der Waals surface area (Å²) in [5, 5.41) is 0.923. The van der Waals surface area contributed by atoms with E-state index in [0.29, 0.717) is 61.9 Å². The van der Waals surface area contributed by atoms with Gasteiger partial charge in [0.2, 0.25) is 0 Å².